The van der Waals surface area contributed by atoms with Gasteiger partial charge in [0.2, 0.25) is 0 Å². The van der Waals surface area contributed by atoms with E-state index in [4.69, 9.17) is 0 Å². The highest BCUT2D eigenvalue weighted by atomic mass is 15.1. The maximum Gasteiger partial charge on any atom is 0.0952 e. The van der Waals surface area contributed by atoms with E-state index in [-0.39, 0.29) is 0 Å². The largest absolute Gasteiger partial charge is 0.332 e. The van der Waals surface area contributed by atoms with Gasteiger partial charge in [-0.3, -0.25) is 0 Å². The Hall–Kier alpha value is -1.61. The Labute approximate surface area is 127 Å². The van der Waals surface area contributed by atoms with Crippen molar-refractivity contribution < 1.29 is 0 Å². The molecule has 1 aliphatic rings. The van der Waals surface area contributed by atoms with E-state index in [0.717, 1.165) is 13.0 Å². The van der Waals surface area contributed by atoms with Gasteiger partial charge >= 0.3 is 0 Å². The fourth-order valence-corrected chi connectivity index (χ4v) is 3.23. The van der Waals surface area contributed by atoms with Crippen LogP contribution in [0, 0.1) is 13.8 Å². The summed E-state index contributed by atoms with van der Waals surface area (Å²) >= 11 is 0. The lowest BCUT2D eigenvalue weighted by atomic mass is 9.99. The molecule has 0 bridgehead atoms. The molecule has 1 atom stereocenters. The standard InChI is InChI=1S/C18H25N3/c1-13-8-9-15(10-14(13)2)17(19-3)11-21-12-20-16-6-4-5-7-18(16)21/h8-10,12,17,19H,4-7,11H2,1-3H3. The predicted molar refractivity (Wildman–Crippen MR) is 86.6 cm³/mol. The molecule has 0 aliphatic heterocycles. The van der Waals surface area contributed by atoms with Gasteiger partial charge in [-0.2, -0.15) is 0 Å². The third kappa shape index (κ3) is 2.88. The minimum atomic E-state index is 0.338. The number of aryl methyl sites for hydroxylation is 3. The van der Waals surface area contributed by atoms with E-state index >= 15 is 0 Å². The van der Waals surface area contributed by atoms with Gasteiger partial charge < -0.3 is 9.88 Å². The number of nitrogens with one attached hydrogen (secondary N) is 1. The van der Waals surface area contributed by atoms with Gasteiger partial charge in [-0.1, -0.05) is 18.2 Å². The molecule has 1 unspecified atom stereocenters. The Morgan fingerprint density at radius 2 is 2.00 bits per heavy atom. The maximum absolute atomic E-state index is 4.60. The average Bonchev–Trinajstić information content (AvgIpc) is 2.91. The van der Waals surface area contributed by atoms with Gasteiger partial charge in [0.15, 0.2) is 0 Å². The summed E-state index contributed by atoms with van der Waals surface area (Å²) in [6.07, 6.45) is 6.94. The first kappa shape index (κ1) is 14.3. The molecule has 1 aromatic carbocycles. The molecule has 0 saturated heterocycles. The van der Waals surface area contributed by atoms with Gasteiger partial charge in [0.25, 0.3) is 0 Å². The number of imidazole rings is 1. The minimum Gasteiger partial charge on any atom is -0.332 e. The second kappa shape index (κ2) is 6.02. The number of aromatic nitrogens is 2. The van der Waals surface area contributed by atoms with E-state index in [0.29, 0.717) is 6.04 Å². The molecular weight excluding hydrogens is 258 g/mol. The topological polar surface area (TPSA) is 29.9 Å². The van der Waals surface area contributed by atoms with Crippen LogP contribution in [0.2, 0.25) is 0 Å². The van der Waals surface area contributed by atoms with Crippen molar-refractivity contribution in [1.29, 1.82) is 0 Å². The number of rotatable bonds is 4. The second-order valence-electron chi connectivity index (χ2n) is 6.18. The quantitative estimate of drug-likeness (QED) is 0.932. The molecule has 1 N–H and O–H groups in total. The first-order valence-corrected chi connectivity index (χ1v) is 7.96. The minimum absolute atomic E-state index is 0.338. The van der Waals surface area contributed by atoms with Crippen LogP contribution in [0.1, 0.15) is 47.0 Å². The highest BCUT2D eigenvalue weighted by Crippen LogP contribution is 2.23. The third-order valence-electron chi connectivity index (χ3n) is 4.77. The van der Waals surface area contributed by atoms with Crippen molar-refractivity contribution in [1.82, 2.24) is 14.9 Å². The number of fused-ring (bicyclic) bond motifs is 1. The fraction of sp³-hybridized carbons (Fsp3) is 0.500. The molecule has 2 aromatic rings. The fourth-order valence-electron chi connectivity index (χ4n) is 3.23. The van der Waals surface area contributed by atoms with Gasteiger partial charge in [0.1, 0.15) is 0 Å². The van der Waals surface area contributed by atoms with Crippen LogP contribution < -0.4 is 5.32 Å². The van der Waals surface area contributed by atoms with E-state index in [1.54, 1.807) is 0 Å². The summed E-state index contributed by atoms with van der Waals surface area (Å²) in [7, 11) is 2.04. The summed E-state index contributed by atoms with van der Waals surface area (Å²) in [6, 6.07) is 7.11. The summed E-state index contributed by atoms with van der Waals surface area (Å²) in [5.74, 6) is 0. The number of hydrogen-bond acceptors (Lipinski definition) is 2. The maximum atomic E-state index is 4.60. The lowest BCUT2D eigenvalue weighted by Crippen LogP contribution is -2.23. The van der Waals surface area contributed by atoms with Gasteiger partial charge in [-0.15, -0.1) is 0 Å². The average molecular weight is 283 g/mol. The SMILES string of the molecule is CNC(Cn1cnc2c1CCCC2)c1ccc(C)c(C)c1. The van der Waals surface area contributed by atoms with Crippen molar-refractivity contribution in [3.05, 3.63) is 52.6 Å². The Morgan fingerprint density at radius 1 is 1.19 bits per heavy atom. The molecule has 0 saturated carbocycles. The van der Waals surface area contributed by atoms with Crippen molar-refractivity contribution in [2.75, 3.05) is 7.05 Å². The smallest absolute Gasteiger partial charge is 0.0952 e. The predicted octanol–water partition coefficient (Wildman–Crippen LogP) is 3.34. The van der Waals surface area contributed by atoms with Gasteiger partial charge in [0, 0.05) is 18.3 Å². The van der Waals surface area contributed by atoms with Crippen molar-refractivity contribution >= 4 is 0 Å². The second-order valence-corrected chi connectivity index (χ2v) is 6.18. The summed E-state index contributed by atoms with van der Waals surface area (Å²) in [5.41, 5.74) is 6.84. The van der Waals surface area contributed by atoms with Crippen molar-refractivity contribution in [2.24, 2.45) is 0 Å². The van der Waals surface area contributed by atoms with E-state index in [1.165, 1.54) is 47.3 Å². The molecular formula is C18H25N3. The molecule has 3 rings (SSSR count). The highest BCUT2D eigenvalue weighted by Gasteiger charge is 2.18. The molecule has 3 heteroatoms. The van der Waals surface area contributed by atoms with Crippen molar-refractivity contribution in [3.63, 3.8) is 0 Å². The van der Waals surface area contributed by atoms with Crippen LogP contribution in [0.5, 0.6) is 0 Å². The van der Waals surface area contributed by atoms with Crippen LogP contribution in [-0.4, -0.2) is 16.6 Å². The zero-order valence-electron chi connectivity index (χ0n) is 13.3. The van der Waals surface area contributed by atoms with Crippen molar-refractivity contribution in [2.45, 2.75) is 52.1 Å². The Balaban J connectivity index is 1.84. The first-order chi connectivity index (χ1) is 10.2. The van der Waals surface area contributed by atoms with Gasteiger partial charge in [-0.05, 0) is 63.3 Å². The molecule has 112 valence electrons. The number of benzene rings is 1. The monoisotopic (exact) mass is 283 g/mol. The molecule has 0 amide bonds. The molecule has 3 nitrogen and oxygen atoms in total. The lowest BCUT2D eigenvalue weighted by molar-refractivity contribution is 0.482. The van der Waals surface area contributed by atoms with Crippen LogP contribution in [0.3, 0.4) is 0 Å². The van der Waals surface area contributed by atoms with E-state index in [2.05, 4.69) is 46.9 Å². The first-order valence-electron chi connectivity index (χ1n) is 7.96. The van der Waals surface area contributed by atoms with E-state index < -0.39 is 0 Å². The Kier molecular flexibility index (Phi) is 4.11. The summed E-state index contributed by atoms with van der Waals surface area (Å²) in [6.45, 7) is 5.31. The summed E-state index contributed by atoms with van der Waals surface area (Å²) in [5, 5.41) is 3.46. The van der Waals surface area contributed by atoms with Crippen LogP contribution in [0.25, 0.3) is 0 Å². The summed E-state index contributed by atoms with van der Waals surface area (Å²) in [4.78, 5) is 4.60. The lowest BCUT2D eigenvalue weighted by Gasteiger charge is -2.21. The van der Waals surface area contributed by atoms with Gasteiger partial charge in [-0.25, -0.2) is 4.98 Å². The zero-order valence-corrected chi connectivity index (χ0v) is 13.3. The molecule has 0 radical (unpaired) electrons. The molecule has 0 fully saturated rings. The van der Waals surface area contributed by atoms with Crippen LogP contribution in [0.15, 0.2) is 24.5 Å². The number of hydrogen-bond donors (Lipinski definition) is 1. The molecule has 1 aromatic heterocycles. The Bertz CT molecular complexity index is 627. The number of likely N-dealkylation sites (N-methyl/N-ethyl adjacent to an activating group) is 1. The normalized spacial score (nSPS) is 15.8. The summed E-state index contributed by atoms with van der Waals surface area (Å²) < 4.78 is 2.35. The Morgan fingerprint density at radius 3 is 2.76 bits per heavy atom. The van der Waals surface area contributed by atoms with Crippen LogP contribution in [0.4, 0.5) is 0 Å². The van der Waals surface area contributed by atoms with Gasteiger partial charge in [0.05, 0.1) is 12.0 Å². The number of nitrogens with zero attached hydrogens (tertiary/aromatic N) is 2. The molecule has 21 heavy (non-hydrogen) atoms. The molecule has 1 heterocycles. The van der Waals surface area contributed by atoms with E-state index in [1.807, 2.05) is 13.4 Å². The highest BCUT2D eigenvalue weighted by molar-refractivity contribution is 5.32. The molecule has 0 spiro atoms. The van der Waals surface area contributed by atoms with Crippen molar-refractivity contribution in [3.8, 4) is 0 Å². The van der Waals surface area contributed by atoms with E-state index in [9.17, 15) is 0 Å². The zero-order chi connectivity index (χ0) is 14.8. The third-order valence-corrected chi connectivity index (χ3v) is 4.77. The van der Waals surface area contributed by atoms with Crippen LogP contribution >= 0.6 is 0 Å². The molecule has 1 aliphatic carbocycles. The van der Waals surface area contributed by atoms with Crippen LogP contribution in [-0.2, 0) is 19.4 Å².